The van der Waals surface area contributed by atoms with Crippen molar-refractivity contribution < 1.29 is 33.7 Å². The molecule has 13 heteroatoms. The standard InChI is InChI=1S/C32H41N5O8/c1-20(2)37-28-15-24(14-25(27(28)17-34-37)31(41)33-16-26-21(3)13-22(4)35-32(26)42)23-5-7-36(8-6-23)29(38)18-44-11-9-43-10-12-45-19-30(39)40/h5,13-15,17,20H,6-12,16,18-19H2,1-4H3,(H,33,41)(H,35,42)(H,39,40). The van der Waals surface area contributed by atoms with Gasteiger partial charge in [-0.15, -0.1) is 0 Å². The fourth-order valence-electron chi connectivity index (χ4n) is 5.20. The number of carboxylic acids is 1. The summed E-state index contributed by atoms with van der Waals surface area (Å²) in [5.41, 5.74) is 5.08. The Labute approximate surface area is 261 Å². The minimum absolute atomic E-state index is 0.0742. The third-order valence-electron chi connectivity index (χ3n) is 7.50. The molecule has 4 rings (SSSR count). The molecule has 242 valence electrons. The van der Waals surface area contributed by atoms with Crippen LogP contribution in [-0.4, -0.2) is 95.3 Å². The number of ether oxygens (including phenoxy) is 3. The van der Waals surface area contributed by atoms with Crippen molar-refractivity contribution in [3.05, 3.63) is 68.8 Å². The van der Waals surface area contributed by atoms with E-state index in [1.54, 1.807) is 11.1 Å². The zero-order valence-electron chi connectivity index (χ0n) is 26.2. The fourth-order valence-corrected chi connectivity index (χ4v) is 5.20. The van der Waals surface area contributed by atoms with Crippen LogP contribution in [0.3, 0.4) is 0 Å². The molecule has 13 nitrogen and oxygen atoms in total. The predicted molar refractivity (Wildman–Crippen MR) is 167 cm³/mol. The van der Waals surface area contributed by atoms with Gasteiger partial charge in [-0.05, 0) is 69.0 Å². The predicted octanol–water partition coefficient (Wildman–Crippen LogP) is 2.60. The fraction of sp³-hybridized carbons (Fsp3) is 0.469. The number of aryl methyl sites for hydroxylation is 2. The number of fused-ring (bicyclic) bond motifs is 1. The van der Waals surface area contributed by atoms with Crippen molar-refractivity contribution in [2.45, 2.75) is 46.7 Å². The molecule has 0 aliphatic carbocycles. The number of aromatic amines is 1. The first-order valence-corrected chi connectivity index (χ1v) is 15.0. The first kappa shape index (κ1) is 33.6. The summed E-state index contributed by atoms with van der Waals surface area (Å²) in [4.78, 5) is 53.6. The van der Waals surface area contributed by atoms with Crippen LogP contribution in [-0.2, 0) is 30.3 Å². The average Bonchev–Trinajstić information content (AvgIpc) is 3.43. The molecule has 0 unspecified atom stereocenters. The number of carboxylic acid groups (broad SMARTS) is 1. The minimum Gasteiger partial charge on any atom is -0.480 e. The number of nitrogens with zero attached hydrogens (tertiary/aromatic N) is 3. The molecular weight excluding hydrogens is 582 g/mol. The average molecular weight is 624 g/mol. The van der Waals surface area contributed by atoms with Crippen molar-refractivity contribution in [1.29, 1.82) is 0 Å². The maximum Gasteiger partial charge on any atom is 0.329 e. The summed E-state index contributed by atoms with van der Waals surface area (Å²) in [7, 11) is 0. The molecule has 3 aromatic rings. The van der Waals surface area contributed by atoms with Gasteiger partial charge in [-0.2, -0.15) is 5.10 Å². The molecule has 3 heterocycles. The number of aliphatic carboxylic acids is 1. The van der Waals surface area contributed by atoms with Gasteiger partial charge in [0.1, 0.15) is 13.2 Å². The third kappa shape index (κ3) is 8.87. The van der Waals surface area contributed by atoms with Crippen LogP contribution in [0.15, 0.2) is 35.3 Å². The van der Waals surface area contributed by atoms with Crippen molar-refractivity contribution in [1.82, 2.24) is 25.0 Å². The number of carbonyl (C=O) groups is 3. The number of H-pyrrole nitrogens is 1. The zero-order chi connectivity index (χ0) is 32.5. The maximum absolute atomic E-state index is 13.5. The van der Waals surface area contributed by atoms with Crippen molar-refractivity contribution in [3.63, 3.8) is 0 Å². The number of nitrogens with one attached hydrogen (secondary N) is 2. The maximum atomic E-state index is 13.5. The lowest BCUT2D eigenvalue weighted by molar-refractivity contribution is -0.142. The molecular formula is C32H41N5O8. The van der Waals surface area contributed by atoms with Crippen molar-refractivity contribution in [2.24, 2.45) is 0 Å². The number of hydrogen-bond acceptors (Lipinski definition) is 8. The summed E-state index contributed by atoms with van der Waals surface area (Å²) in [6, 6.07) is 5.85. The highest BCUT2D eigenvalue weighted by molar-refractivity contribution is 6.07. The van der Waals surface area contributed by atoms with E-state index in [0.29, 0.717) is 30.6 Å². The molecule has 0 bridgehead atoms. The summed E-state index contributed by atoms with van der Waals surface area (Å²) >= 11 is 0. The van der Waals surface area contributed by atoms with Gasteiger partial charge >= 0.3 is 5.97 Å². The molecule has 0 fully saturated rings. The van der Waals surface area contributed by atoms with Crippen molar-refractivity contribution >= 4 is 34.3 Å². The largest absolute Gasteiger partial charge is 0.480 e. The van der Waals surface area contributed by atoms with E-state index < -0.39 is 5.97 Å². The highest BCUT2D eigenvalue weighted by atomic mass is 16.5. The Morgan fingerprint density at radius 3 is 2.40 bits per heavy atom. The number of carbonyl (C=O) groups excluding carboxylic acids is 2. The monoisotopic (exact) mass is 623 g/mol. The number of benzene rings is 1. The lowest BCUT2D eigenvalue weighted by atomic mass is 9.95. The van der Waals surface area contributed by atoms with Gasteiger partial charge in [-0.1, -0.05) is 6.08 Å². The van der Waals surface area contributed by atoms with E-state index in [9.17, 15) is 19.2 Å². The van der Waals surface area contributed by atoms with Gasteiger partial charge < -0.3 is 34.5 Å². The molecule has 0 radical (unpaired) electrons. The highest BCUT2D eigenvalue weighted by Crippen LogP contribution is 2.30. The van der Waals surface area contributed by atoms with E-state index in [0.717, 1.165) is 33.3 Å². The van der Waals surface area contributed by atoms with Gasteiger partial charge in [0.25, 0.3) is 11.5 Å². The summed E-state index contributed by atoms with van der Waals surface area (Å²) < 4.78 is 17.5. The first-order valence-electron chi connectivity index (χ1n) is 15.0. The topological polar surface area (TPSA) is 165 Å². The van der Waals surface area contributed by atoms with E-state index in [4.69, 9.17) is 19.3 Å². The summed E-state index contributed by atoms with van der Waals surface area (Å²) in [6.45, 7) is 9.19. The van der Waals surface area contributed by atoms with E-state index in [1.165, 1.54) is 0 Å². The Kier molecular flexibility index (Phi) is 11.6. The summed E-state index contributed by atoms with van der Waals surface area (Å²) in [6.07, 6.45) is 4.30. The van der Waals surface area contributed by atoms with Gasteiger partial charge in [-0.3, -0.25) is 19.1 Å². The molecule has 0 spiro atoms. The van der Waals surface area contributed by atoms with Crippen LogP contribution >= 0.6 is 0 Å². The SMILES string of the molecule is Cc1cc(C)c(CNC(=O)c2cc(C3=CCN(C(=O)COCCOCCOCC(=O)O)CC3)cc3c2cnn3C(C)C)c(=O)[nH]1. The Balaban J connectivity index is 1.39. The number of hydrogen-bond donors (Lipinski definition) is 3. The van der Waals surface area contributed by atoms with Crippen molar-refractivity contribution in [2.75, 3.05) is 52.7 Å². The lowest BCUT2D eigenvalue weighted by Gasteiger charge is -2.27. The molecule has 1 aromatic carbocycles. The highest BCUT2D eigenvalue weighted by Gasteiger charge is 2.22. The summed E-state index contributed by atoms with van der Waals surface area (Å²) in [5.74, 6) is -1.47. The minimum atomic E-state index is -1.03. The van der Waals surface area contributed by atoms with E-state index in [1.807, 2.05) is 56.7 Å². The van der Waals surface area contributed by atoms with E-state index >= 15 is 0 Å². The van der Waals surface area contributed by atoms with Crippen LogP contribution in [0.5, 0.6) is 0 Å². The normalized spacial score (nSPS) is 13.4. The molecule has 1 aliphatic heterocycles. The molecule has 3 N–H and O–H groups in total. The first-order chi connectivity index (χ1) is 21.5. The molecule has 0 atom stereocenters. The Bertz CT molecular complexity index is 1620. The zero-order valence-corrected chi connectivity index (χ0v) is 26.2. The molecule has 45 heavy (non-hydrogen) atoms. The Hall–Kier alpha value is -4.33. The summed E-state index contributed by atoms with van der Waals surface area (Å²) in [5, 5.41) is 16.7. The van der Waals surface area contributed by atoms with Crippen LogP contribution in [0.4, 0.5) is 0 Å². The second-order valence-electron chi connectivity index (χ2n) is 11.2. The van der Waals surface area contributed by atoms with Crippen LogP contribution in [0, 0.1) is 13.8 Å². The molecule has 2 amide bonds. The van der Waals surface area contributed by atoms with E-state index in [2.05, 4.69) is 15.4 Å². The quantitative estimate of drug-likeness (QED) is 0.216. The second kappa shape index (κ2) is 15.6. The second-order valence-corrected chi connectivity index (χ2v) is 11.2. The van der Waals surface area contributed by atoms with Crippen LogP contribution in [0.2, 0.25) is 0 Å². The number of aromatic nitrogens is 3. The van der Waals surface area contributed by atoms with Gasteiger partial charge in [0.05, 0.1) is 43.7 Å². The van der Waals surface area contributed by atoms with Crippen LogP contribution in [0.1, 0.15) is 59.1 Å². The molecule has 0 saturated carbocycles. The smallest absolute Gasteiger partial charge is 0.329 e. The molecule has 1 aliphatic rings. The van der Waals surface area contributed by atoms with Gasteiger partial charge in [0.2, 0.25) is 5.91 Å². The molecule has 2 aromatic heterocycles. The number of rotatable bonds is 15. The van der Waals surface area contributed by atoms with Crippen LogP contribution in [0.25, 0.3) is 16.5 Å². The van der Waals surface area contributed by atoms with Gasteiger partial charge in [-0.25, -0.2) is 4.79 Å². The lowest BCUT2D eigenvalue weighted by Crippen LogP contribution is -2.37. The van der Waals surface area contributed by atoms with Crippen molar-refractivity contribution in [3.8, 4) is 0 Å². The number of amides is 2. The van der Waals surface area contributed by atoms with Crippen LogP contribution < -0.4 is 10.9 Å². The van der Waals surface area contributed by atoms with E-state index in [-0.39, 0.29) is 69.6 Å². The Morgan fingerprint density at radius 2 is 1.76 bits per heavy atom. The van der Waals surface area contributed by atoms with Gasteiger partial charge in [0, 0.05) is 42.3 Å². The Morgan fingerprint density at radius 1 is 1.04 bits per heavy atom. The number of pyridine rings is 1. The van der Waals surface area contributed by atoms with Gasteiger partial charge in [0.15, 0.2) is 0 Å². The third-order valence-corrected chi connectivity index (χ3v) is 7.50. The molecule has 0 saturated heterocycles.